The Labute approximate surface area is 92.8 Å². The van der Waals surface area contributed by atoms with Crippen molar-refractivity contribution in [3.8, 4) is 0 Å². The number of alkyl carbamates (subject to hydrolysis) is 1. The van der Waals surface area contributed by atoms with Crippen LogP contribution < -0.4 is 10.6 Å². The first-order valence-corrected chi connectivity index (χ1v) is 4.79. The van der Waals surface area contributed by atoms with Crippen molar-refractivity contribution in [3.63, 3.8) is 0 Å². The van der Waals surface area contributed by atoms with E-state index in [1.807, 2.05) is 6.07 Å². The van der Waals surface area contributed by atoms with Crippen LogP contribution in [0.15, 0.2) is 24.4 Å². The molecule has 0 saturated heterocycles. The number of anilines is 1. The third-order valence-electron chi connectivity index (χ3n) is 1.40. The third kappa shape index (κ3) is 4.37. The lowest BCUT2D eigenvalue weighted by molar-refractivity contribution is 0.158. The summed E-state index contributed by atoms with van der Waals surface area (Å²) in [6.07, 6.45) is 1.04. The molecule has 0 aliphatic heterocycles. The molecule has 1 aromatic rings. The average molecular weight is 225 g/mol. The SMILES string of the molecule is CCOC(=O)NC(=S)Nc1ccccn1. The molecule has 0 aliphatic rings. The van der Waals surface area contributed by atoms with Crippen molar-refractivity contribution in [1.29, 1.82) is 0 Å². The van der Waals surface area contributed by atoms with Gasteiger partial charge in [-0.15, -0.1) is 0 Å². The second-order valence-corrected chi connectivity index (χ2v) is 2.92. The standard InChI is InChI=1S/C9H11N3O2S/c1-2-14-9(13)12-8(15)11-7-5-3-4-6-10-7/h3-6H,2H2,1H3,(H2,10,11,12,13,15). The second kappa shape index (κ2) is 5.92. The second-order valence-electron chi connectivity index (χ2n) is 2.51. The van der Waals surface area contributed by atoms with Gasteiger partial charge in [0.25, 0.3) is 0 Å². The third-order valence-corrected chi connectivity index (χ3v) is 1.60. The number of amides is 1. The molecule has 0 spiro atoms. The van der Waals surface area contributed by atoms with E-state index >= 15 is 0 Å². The van der Waals surface area contributed by atoms with Crippen molar-refractivity contribution < 1.29 is 9.53 Å². The highest BCUT2D eigenvalue weighted by Gasteiger charge is 2.04. The normalized spacial score (nSPS) is 9.13. The highest BCUT2D eigenvalue weighted by Crippen LogP contribution is 1.98. The van der Waals surface area contributed by atoms with Gasteiger partial charge in [-0.25, -0.2) is 9.78 Å². The molecule has 80 valence electrons. The van der Waals surface area contributed by atoms with Gasteiger partial charge < -0.3 is 10.1 Å². The number of nitrogens with zero attached hydrogens (tertiary/aromatic N) is 1. The summed E-state index contributed by atoms with van der Waals surface area (Å²) in [7, 11) is 0. The molecule has 1 rings (SSSR count). The fourth-order valence-electron chi connectivity index (χ4n) is 0.844. The quantitative estimate of drug-likeness (QED) is 0.747. The average Bonchev–Trinajstić information content (AvgIpc) is 2.19. The molecule has 0 bridgehead atoms. The van der Waals surface area contributed by atoms with Gasteiger partial charge >= 0.3 is 6.09 Å². The van der Waals surface area contributed by atoms with Crippen LogP contribution in [0.4, 0.5) is 10.6 Å². The molecular weight excluding hydrogens is 214 g/mol. The van der Waals surface area contributed by atoms with Gasteiger partial charge in [-0.3, -0.25) is 5.32 Å². The Kier molecular flexibility index (Phi) is 4.49. The molecule has 0 atom stereocenters. The maximum Gasteiger partial charge on any atom is 0.413 e. The predicted octanol–water partition coefficient (Wildman–Crippen LogP) is 1.52. The topological polar surface area (TPSA) is 63.2 Å². The Hall–Kier alpha value is -1.69. The van der Waals surface area contributed by atoms with E-state index in [1.165, 1.54) is 0 Å². The molecule has 1 heterocycles. The molecule has 0 radical (unpaired) electrons. The Morgan fingerprint density at radius 1 is 1.60 bits per heavy atom. The number of hydrogen-bond donors (Lipinski definition) is 2. The van der Waals surface area contributed by atoms with Gasteiger partial charge in [0, 0.05) is 6.20 Å². The fourth-order valence-corrected chi connectivity index (χ4v) is 1.03. The van der Waals surface area contributed by atoms with Crippen molar-refractivity contribution in [2.24, 2.45) is 0 Å². The van der Waals surface area contributed by atoms with Crippen LogP contribution in [0.3, 0.4) is 0 Å². The zero-order valence-electron chi connectivity index (χ0n) is 8.19. The first kappa shape index (κ1) is 11.4. The van der Waals surface area contributed by atoms with E-state index in [-0.39, 0.29) is 5.11 Å². The summed E-state index contributed by atoms with van der Waals surface area (Å²) in [6, 6.07) is 5.33. The molecule has 0 aromatic carbocycles. The summed E-state index contributed by atoms with van der Waals surface area (Å²) in [6.45, 7) is 2.02. The highest BCUT2D eigenvalue weighted by molar-refractivity contribution is 7.80. The van der Waals surface area contributed by atoms with Gasteiger partial charge in [0.1, 0.15) is 5.82 Å². The number of pyridine rings is 1. The van der Waals surface area contributed by atoms with Crippen molar-refractivity contribution >= 4 is 29.2 Å². The summed E-state index contributed by atoms with van der Waals surface area (Å²) in [5.41, 5.74) is 0. The molecular formula is C9H11N3O2S. The Morgan fingerprint density at radius 2 is 2.40 bits per heavy atom. The number of carbonyl (C=O) groups is 1. The Bertz CT molecular complexity index is 342. The summed E-state index contributed by atoms with van der Waals surface area (Å²) in [5, 5.41) is 5.25. The van der Waals surface area contributed by atoms with Crippen molar-refractivity contribution in [1.82, 2.24) is 10.3 Å². The lowest BCUT2D eigenvalue weighted by Crippen LogP contribution is -2.34. The number of hydrogen-bond acceptors (Lipinski definition) is 4. The molecule has 5 nitrogen and oxygen atoms in total. The molecule has 0 unspecified atom stereocenters. The minimum atomic E-state index is -0.578. The van der Waals surface area contributed by atoms with Gasteiger partial charge in [-0.1, -0.05) is 6.07 Å². The van der Waals surface area contributed by atoms with Crippen LogP contribution in [-0.2, 0) is 4.74 Å². The summed E-state index contributed by atoms with van der Waals surface area (Å²) in [5.74, 6) is 0.569. The van der Waals surface area contributed by atoms with Gasteiger partial charge in [-0.05, 0) is 31.3 Å². The summed E-state index contributed by atoms with van der Waals surface area (Å²) >= 11 is 4.86. The molecule has 2 N–H and O–H groups in total. The van der Waals surface area contributed by atoms with E-state index in [0.29, 0.717) is 12.4 Å². The number of nitrogens with one attached hydrogen (secondary N) is 2. The number of thiocarbonyl (C=S) groups is 1. The van der Waals surface area contributed by atoms with Gasteiger partial charge in [0.05, 0.1) is 6.61 Å². The van der Waals surface area contributed by atoms with Crippen LogP contribution in [0.1, 0.15) is 6.92 Å². The van der Waals surface area contributed by atoms with Crippen LogP contribution >= 0.6 is 12.2 Å². The van der Waals surface area contributed by atoms with Crippen molar-refractivity contribution in [2.45, 2.75) is 6.92 Å². The zero-order valence-corrected chi connectivity index (χ0v) is 9.00. The van der Waals surface area contributed by atoms with Crippen LogP contribution in [0.5, 0.6) is 0 Å². The lowest BCUT2D eigenvalue weighted by Gasteiger charge is -2.07. The van der Waals surface area contributed by atoms with Crippen LogP contribution in [0.25, 0.3) is 0 Å². The molecule has 0 fully saturated rings. The van der Waals surface area contributed by atoms with Crippen LogP contribution in [0.2, 0.25) is 0 Å². The smallest absolute Gasteiger partial charge is 0.413 e. The monoisotopic (exact) mass is 225 g/mol. The summed E-state index contributed by atoms with van der Waals surface area (Å²) in [4.78, 5) is 14.9. The van der Waals surface area contributed by atoms with Crippen molar-refractivity contribution in [2.75, 3.05) is 11.9 Å². The fraction of sp³-hybridized carbons (Fsp3) is 0.222. The number of rotatable bonds is 2. The Morgan fingerprint density at radius 3 is 3.00 bits per heavy atom. The van der Waals surface area contributed by atoms with E-state index in [1.54, 1.807) is 25.3 Å². The summed E-state index contributed by atoms with van der Waals surface area (Å²) < 4.78 is 4.65. The number of carbonyl (C=O) groups excluding carboxylic acids is 1. The van der Waals surface area contributed by atoms with E-state index in [4.69, 9.17) is 12.2 Å². The minimum Gasteiger partial charge on any atom is -0.450 e. The molecule has 1 amide bonds. The van der Waals surface area contributed by atoms with E-state index in [0.717, 1.165) is 0 Å². The van der Waals surface area contributed by atoms with Gasteiger partial charge in [-0.2, -0.15) is 0 Å². The first-order chi connectivity index (χ1) is 7.22. The highest BCUT2D eigenvalue weighted by atomic mass is 32.1. The maximum absolute atomic E-state index is 11.0. The maximum atomic E-state index is 11.0. The molecule has 0 saturated carbocycles. The first-order valence-electron chi connectivity index (χ1n) is 4.38. The molecule has 15 heavy (non-hydrogen) atoms. The van der Waals surface area contributed by atoms with Crippen LogP contribution in [-0.4, -0.2) is 22.8 Å². The van der Waals surface area contributed by atoms with Gasteiger partial charge in [0.2, 0.25) is 0 Å². The lowest BCUT2D eigenvalue weighted by atomic mass is 10.5. The largest absolute Gasteiger partial charge is 0.450 e. The van der Waals surface area contributed by atoms with Gasteiger partial charge in [0.15, 0.2) is 5.11 Å². The minimum absolute atomic E-state index is 0.159. The number of ether oxygens (including phenoxy) is 1. The Balaban J connectivity index is 2.40. The van der Waals surface area contributed by atoms with Crippen LogP contribution in [0, 0.1) is 0 Å². The number of aromatic nitrogens is 1. The van der Waals surface area contributed by atoms with E-state index < -0.39 is 6.09 Å². The van der Waals surface area contributed by atoms with Crippen molar-refractivity contribution in [3.05, 3.63) is 24.4 Å². The molecule has 0 aliphatic carbocycles. The van der Waals surface area contributed by atoms with E-state index in [2.05, 4.69) is 20.4 Å². The molecule has 6 heteroatoms. The van der Waals surface area contributed by atoms with E-state index in [9.17, 15) is 4.79 Å². The molecule has 1 aromatic heterocycles. The zero-order chi connectivity index (χ0) is 11.1. The predicted molar refractivity (Wildman–Crippen MR) is 60.6 cm³/mol.